The fraction of sp³-hybridized carbons (Fsp3) is 0.280. The van der Waals surface area contributed by atoms with Crippen molar-refractivity contribution in [1.82, 2.24) is 20.0 Å². The lowest BCUT2D eigenvalue weighted by molar-refractivity contribution is 0.209. The Hall–Kier alpha value is -3.65. The number of nitrogens with one attached hydrogen (secondary N) is 3. The highest BCUT2D eigenvalue weighted by molar-refractivity contribution is 7.77. The largest absolute Gasteiger partial charge is 0.327 e. The van der Waals surface area contributed by atoms with E-state index in [1.54, 1.807) is 12.3 Å². The van der Waals surface area contributed by atoms with Crippen LogP contribution in [0.5, 0.6) is 0 Å². The van der Waals surface area contributed by atoms with Gasteiger partial charge in [0.15, 0.2) is 0 Å². The molecule has 0 spiro atoms. The average molecular weight is 491 g/mol. The third-order valence-corrected chi connectivity index (χ3v) is 6.53. The third-order valence-electron chi connectivity index (χ3n) is 6.14. The van der Waals surface area contributed by atoms with Gasteiger partial charge in [0.2, 0.25) is 17.1 Å². The summed E-state index contributed by atoms with van der Waals surface area (Å²) in [5, 5.41) is 15.2. The number of hydrogen-bond acceptors (Lipinski definition) is 5. The molecule has 4 rings (SSSR count). The van der Waals surface area contributed by atoms with Gasteiger partial charge in [-0.15, -0.1) is 0 Å². The van der Waals surface area contributed by atoms with Crippen molar-refractivity contribution in [3.63, 3.8) is 0 Å². The van der Waals surface area contributed by atoms with Crippen molar-refractivity contribution < 1.29 is 13.6 Å². The number of nitriles is 1. The second-order valence-electron chi connectivity index (χ2n) is 8.44. The first-order valence-electron chi connectivity index (χ1n) is 11.3. The Labute approximate surface area is 206 Å². The highest BCUT2D eigenvalue weighted by Gasteiger charge is 2.37. The van der Waals surface area contributed by atoms with E-state index >= 15 is 0 Å². The number of rotatable bonds is 7. The van der Waals surface area contributed by atoms with Gasteiger partial charge in [0.1, 0.15) is 6.07 Å². The fourth-order valence-corrected chi connectivity index (χ4v) is 4.66. The molecule has 1 aliphatic rings. The van der Waals surface area contributed by atoms with E-state index in [-0.39, 0.29) is 11.9 Å². The topological polar surface area (TPSA) is 140 Å². The molecule has 0 saturated heterocycles. The minimum Gasteiger partial charge on any atom is -0.327 e. The van der Waals surface area contributed by atoms with Crippen molar-refractivity contribution in [3.05, 3.63) is 77.9 Å². The number of hydrogen-bond donors (Lipinski definition) is 4. The fourth-order valence-electron chi connectivity index (χ4n) is 4.37. The molecule has 1 heterocycles. The molecule has 1 aliphatic carbocycles. The van der Waals surface area contributed by atoms with Crippen molar-refractivity contribution in [3.8, 4) is 17.2 Å². The summed E-state index contributed by atoms with van der Waals surface area (Å²) < 4.78 is 22.0. The molecule has 2 amide bonds. The maximum absolute atomic E-state index is 12.9. The zero-order valence-electron chi connectivity index (χ0n) is 19.0. The first kappa shape index (κ1) is 24.5. The van der Waals surface area contributed by atoms with Gasteiger partial charge < -0.3 is 10.6 Å². The van der Waals surface area contributed by atoms with E-state index < -0.39 is 16.8 Å². The van der Waals surface area contributed by atoms with E-state index in [9.17, 15) is 14.3 Å². The normalized spacial score (nSPS) is 15.5. The Morgan fingerprint density at radius 2 is 1.69 bits per heavy atom. The van der Waals surface area contributed by atoms with Crippen LogP contribution >= 0.6 is 0 Å². The molecule has 1 saturated carbocycles. The molecule has 0 bridgehead atoms. The minimum atomic E-state index is -2.04. The van der Waals surface area contributed by atoms with Gasteiger partial charge in [-0.1, -0.05) is 55.7 Å². The quantitative estimate of drug-likeness (QED) is 0.366. The predicted octanol–water partition coefficient (Wildman–Crippen LogP) is 4.22. The number of nitrogens with zero attached hydrogens (tertiary/aromatic N) is 3. The lowest BCUT2D eigenvalue weighted by Crippen LogP contribution is -2.49. The first-order chi connectivity index (χ1) is 17.0. The lowest BCUT2D eigenvalue weighted by Gasteiger charge is -2.37. The smallest absolute Gasteiger partial charge is 0.319 e. The summed E-state index contributed by atoms with van der Waals surface area (Å²) in [5.41, 5.74) is 3.56. The Bertz CT molecular complexity index is 1240. The molecule has 3 aromatic rings. The Morgan fingerprint density at radius 3 is 2.31 bits per heavy atom. The van der Waals surface area contributed by atoms with E-state index in [1.807, 2.05) is 54.6 Å². The molecule has 4 N–H and O–H groups in total. The molecule has 180 valence electrons. The summed E-state index contributed by atoms with van der Waals surface area (Å²) >= 11 is -2.04. The van der Waals surface area contributed by atoms with Crippen LogP contribution in [0.2, 0.25) is 0 Å². The van der Waals surface area contributed by atoms with E-state index in [0.717, 1.165) is 48.8 Å². The van der Waals surface area contributed by atoms with Crippen LogP contribution in [0.25, 0.3) is 11.1 Å². The summed E-state index contributed by atoms with van der Waals surface area (Å²) in [6.07, 6.45) is 6.09. The van der Waals surface area contributed by atoms with Gasteiger partial charge in [0.25, 0.3) is 0 Å². The Kier molecular flexibility index (Phi) is 7.82. The van der Waals surface area contributed by atoms with Crippen molar-refractivity contribution >= 4 is 23.0 Å². The second-order valence-corrected chi connectivity index (χ2v) is 9.23. The number of carbonyl (C=O) groups is 1. The number of carbonyl (C=O) groups excluding carboxylic acids is 1. The zero-order chi connectivity index (χ0) is 24.7. The molecule has 9 nitrogen and oxygen atoms in total. The van der Waals surface area contributed by atoms with Crippen LogP contribution in [0.15, 0.2) is 60.8 Å². The third kappa shape index (κ3) is 6.27. The summed E-state index contributed by atoms with van der Waals surface area (Å²) in [6, 6.07) is 18.6. The maximum Gasteiger partial charge on any atom is 0.319 e. The summed E-state index contributed by atoms with van der Waals surface area (Å²) in [6.45, 7) is 0.301. The molecule has 10 heteroatoms. The van der Waals surface area contributed by atoms with Crippen molar-refractivity contribution in [2.24, 2.45) is 0 Å². The monoisotopic (exact) mass is 490 g/mol. The summed E-state index contributed by atoms with van der Waals surface area (Å²) in [5.74, 6) is 0.0953. The van der Waals surface area contributed by atoms with Crippen molar-refractivity contribution in [2.45, 2.75) is 44.2 Å². The van der Waals surface area contributed by atoms with Crippen LogP contribution in [0.4, 0.5) is 10.5 Å². The van der Waals surface area contributed by atoms with Gasteiger partial charge in [-0.25, -0.2) is 23.7 Å². The number of aromatic nitrogens is 2. The van der Waals surface area contributed by atoms with Crippen LogP contribution in [-0.4, -0.2) is 24.8 Å². The first-order valence-corrected chi connectivity index (χ1v) is 12.4. The highest BCUT2D eigenvalue weighted by atomic mass is 32.2. The van der Waals surface area contributed by atoms with E-state index in [1.165, 1.54) is 0 Å². The number of amides is 2. The summed E-state index contributed by atoms with van der Waals surface area (Å²) in [7, 11) is 0. The SMILES string of the molecule is N#Cc1nccc(C2(NC(=O)Nc3ccc(-c4ccc(CNS(=O)O)cc4)cc3)CCCCC2)n1. The van der Waals surface area contributed by atoms with Gasteiger partial charge in [-0.2, -0.15) is 5.26 Å². The van der Waals surface area contributed by atoms with Crippen LogP contribution in [0.1, 0.15) is 49.2 Å². The summed E-state index contributed by atoms with van der Waals surface area (Å²) in [4.78, 5) is 21.3. The van der Waals surface area contributed by atoms with Gasteiger partial charge >= 0.3 is 6.03 Å². The standard InChI is InChI=1S/C25H26N6O3S/c26-16-23-27-15-12-22(30-23)25(13-2-1-3-14-25)31-24(32)29-21-10-8-20(9-11-21)19-6-4-18(5-7-19)17-28-35(33)34/h4-12,15,28H,1-3,13-14,17H2,(H,33,34)(H2,29,31,32). The minimum absolute atomic E-state index is 0.0953. The van der Waals surface area contributed by atoms with Crippen LogP contribution in [-0.2, 0) is 23.4 Å². The van der Waals surface area contributed by atoms with Crippen LogP contribution < -0.4 is 15.4 Å². The number of urea groups is 1. The Morgan fingerprint density at radius 1 is 1.03 bits per heavy atom. The number of benzene rings is 2. The van der Waals surface area contributed by atoms with Gasteiger partial charge in [0.05, 0.1) is 11.2 Å². The highest BCUT2D eigenvalue weighted by Crippen LogP contribution is 2.36. The molecule has 0 radical (unpaired) electrons. The molecule has 2 aromatic carbocycles. The molecule has 35 heavy (non-hydrogen) atoms. The van der Waals surface area contributed by atoms with Crippen molar-refractivity contribution in [1.29, 1.82) is 5.26 Å². The molecular weight excluding hydrogens is 464 g/mol. The van der Waals surface area contributed by atoms with Crippen molar-refractivity contribution in [2.75, 3.05) is 5.32 Å². The van der Waals surface area contributed by atoms with Crippen LogP contribution in [0.3, 0.4) is 0 Å². The van der Waals surface area contributed by atoms with E-state index in [4.69, 9.17) is 4.55 Å². The van der Waals surface area contributed by atoms with Gasteiger partial charge in [-0.3, -0.25) is 4.55 Å². The molecular formula is C25H26N6O3S. The molecule has 0 aliphatic heterocycles. The van der Waals surface area contributed by atoms with Gasteiger partial charge in [-0.05, 0) is 47.7 Å². The average Bonchev–Trinajstić information content (AvgIpc) is 2.89. The van der Waals surface area contributed by atoms with E-state index in [0.29, 0.717) is 17.9 Å². The number of anilines is 1. The zero-order valence-corrected chi connectivity index (χ0v) is 19.8. The van der Waals surface area contributed by atoms with E-state index in [2.05, 4.69) is 25.3 Å². The lowest BCUT2D eigenvalue weighted by atomic mass is 9.79. The maximum atomic E-state index is 12.9. The molecule has 1 fully saturated rings. The predicted molar refractivity (Wildman–Crippen MR) is 133 cm³/mol. The van der Waals surface area contributed by atoms with Crippen LogP contribution in [0, 0.1) is 11.3 Å². The molecule has 1 unspecified atom stereocenters. The molecule has 1 atom stereocenters. The second kappa shape index (κ2) is 11.2. The Balaban J connectivity index is 1.43. The van der Waals surface area contributed by atoms with Gasteiger partial charge in [0, 0.05) is 18.4 Å². The molecule has 1 aromatic heterocycles.